The number of carboxylic acids is 1. The number of aryl methyl sites for hydroxylation is 1. The maximum atomic E-state index is 12.1. The summed E-state index contributed by atoms with van der Waals surface area (Å²) >= 11 is 0. The summed E-state index contributed by atoms with van der Waals surface area (Å²) in [5, 5.41) is 11.9. The van der Waals surface area contributed by atoms with Crippen molar-refractivity contribution < 1.29 is 14.7 Å². The lowest BCUT2D eigenvalue weighted by atomic mass is 9.66. The number of nitrogens with one attached hydrogen (secondary N) is 1. The summed E-state index contributed by atoms with van der Waals surface area (Å²) in [5.41, 5.74) is 6.79. The van der Waals surface area contributed by atoms with Gasteiger partial charge in [-0.1, -0.05) is 18.6 Å². The number of carbonyl (C=O) groups excluding carboxylic acids is 1. The third-order valence-corrected chi connectivity index (χ3v) is 4.14. The lowest BCUT2D eigenvalue weighted by molar-refractivity contribution is -0.119. The van der Waals surface area contributed by atoms with Crippen LogP contribution < -0.4 is 11.1 Å². The van der Waals surface area contributed by atoms with Crippen LogP contribution in [0.3, 0.4) is 0 Å². The highest BCUT2D eigenvalue weighted by Gasteiger charge is 2.37. The molecule has 1 saturated carbocycles. The van der Waals surface area contributed by atoms with Crippen molar-refractivity contribution in [2.45, 2.75) is 32.6 Å². The van der Waals surface area contributed by atoms with Crippen LogP contribution in [-0.2, 0) is 4.79 Å². The normalized spacial score (nSPS) is 16.3. The summed E-state index contributed by atoms with van der Waals surface area (Å²) in [4.78, 5) is 23.4. The zero-order valence-corrected chi connectivity index (χ0v) is 11.6. The second-order valence-corrected chi connectivity index (χ2v) is 5.59. The first kappa shape index (κ1) is 14.5. The van der Waals surface area contributed by atoms with Gasteiger partial charge in [0.05, 0.1) is 11.3 Å². The Hall–Kier alpha value is -1.88. The predicted octanol–water partition coefficient (Wildman–Crippen LogP) is 2.15. The summed E-state index contributed by atoms with van der Waals surface area (Å²) in [6, 6.07) is 5.07. The molecule has 0 atom stereocenters. The van der Waals surface area contributed by atoms with E-state index in [0.717, 1.165) is 19.3 Å². The SMILES string of the molecule is Cc1cccc(NC(=O)CC2(CN)CCC2)c1C(=O)O. The van der Waals surface area contributed by atoms with Gasteiger partial charge < -0.3 is 16.2 Å². The fourth-order valence-electron chi connectivity index (χ4n) is 2.72. The molecule has 1 aromatic carbocycles. The molecule has 1 amide bonds. The maximum absolute atomic E-state index is 12.1. The number of aromatic carboxylic acids is 1. The van der Waals surface area contributed by atoms with E-state index in [1.807, 2.05) is 0 Å². The van der Waals surface area contributed by atoms with E-state index in [-0.39, 0.29) is 16.9 Å². The van der Waals surface area contributed by atoms with Crippen molar-refractivity contribution in [2.24, 2.45) is 11.1 Å². The van der Waals surface area contributed by atoms with Gasteiger partial charge in [-0.2, -0.15) is 0 Å². The van der Waals surface area contributed by atoms with Gasteiger partial charge in [-0.15, -0.1) is 0 Å². The summed E-state index contributed by atoms with van der Waals surface area (Å²) in [7, 11) is 0. The molecule has 1 fully saturated rings. The summed E-state index contributed by atoms with van der Waals surface area (Å²) in [6.45, 7) is 2.21. The Morgan fingerprint density at radius 3 is 2.60 bits per heavy atom. The van der Waals surface area contributed by atoms with Crippen LogP contribution in [0, 0.1) is 12.3 Å². The van der Waals surface area contributed by atoms with Crippen LogP contribution in [0.1, 0.15) is 41.6 Å². The van der Waals surface area contributed by atoms with Gasteiger partial charge in [0.15, 0.2) is 0 Å². The third-order valence-electron chi connectivity index (χ3n) is 4.14. The van der Waals surface area contributed by atoms with E-state index < -0.39 is 5.97 Å². The highest BCUT2D eigenvalue weighted by molar-refractivity contribution is 6.01. The number of benzene rings is 1. The van der Waals surface area contributed by atoms with Gasteiger partial charge in [0, 0.05) is 6.42 Å². The van der Waals surface area contributed by atoms with E-state index in [9.17, 15) is 14.7 Å². The van der Waals surface area contributed by atoms with Gasteiger partial charge in [-0.05, 0) is 43.4 Å². The first-order chi connectivity index (χ1) is 9.47. The van der Waals surface area contributed by atoms with Crippen LogP contribution in [0.25, 0.3) is 0 Å². The largest absolute Gasteiger partial charge is 0.478 e. The number of rotatable bonds is 5. The third kappa shape index (κ3) is 2.82. The van der Waals surface area contributed by atoms with Gasteiger partial charge in [0.25, 0.3) is 0 Å². The molecule has 1 aliphatic carbocycles. The molecule has 1 aliphatic rings. The zero-order chi connectivity index (χ0) is 14.8. The second kappa shape index (κ2) is 5.63. The molecule has 5 nitrogen and oxygen atoms in total. The minimum absolute atomic E-state index is 0.0860. The maximum Gasteiger partial charge on any atom is 0.338 e. The minimum atomic E-state index is -1.03. The molecule has 0 aromatic heterocycles. The lowest BCUT2D eigenvalue weighted by Crippen LogP contribution is -2.40. The Morgan fingerprint density at radius 1 is 1.40 bits per heavy atom. The van der Waals surface area contributed by atoms with E-state index in [0.29, 0.717) is 24.2 Å². The molecule has 0 spiro atoms. The average molecular weight is 276 g/mol. The molecule has 0 saturated heterocycles. The van der Waals surface area contributed by atoms with Crippen LogP contribution in [0.2, 0.25) is 0 Å². The fraction of sp³-hybridized carbons (Fsp3) is 0.467. The molecule has 4 N–H and O–H groups in total. The molecule has 0 unspecified atom stereocenters. The van der Waals surface area contributed by atoms with E-state index in [1.165, 1.54) is 0 Å². The summed E-state index contributed by atoms with van der Waals surface area (Å²) in [5.74, 6) is -1.20. The smallest absolute Gasteiger partial charge is 0.338 e. The number of nitrogens with two attached hydrogens (primary N) is 1. The van der Waals surface area contributed by atoms with Gasteiger partial charge in [-0.3, -0.25) is 4.79 Å². The number of hydrogen-bond donors (Lipinski definition) is 3. The number of amides is 1. The molecule has 0 heterocycles. The topological polar surface area (TPSA) is 92.4 Å². The van der Waals surface area contributed by atoms with Crippen molar-refractivity contribution in [1.82, 2.24) is 0 Å². The van der Waals surface area contributed by atoms with E-state index in [4.69, 9.17) is 5.73 Å². The fourth-order valence-corrected chi connectivity index (χ4v) is 2.72. The Morgan fingerprint density at radius 2 is 2.10 bits per heavy atom. The van der Waals surface area contributed by atoms with Crippen molar-refractivity contribution in [2.75, 3.05) is 11.9 Å². The standard InChI is InChI=1S/C15H20N2O3/c1-10-4-2-5-11(13(10)14(19)20)17-12(18)8-15(9-16)6-3-7-15/h2,4-5H,3,6-9,16H2,1H3,(H,17,18)(H,19,20). The first-order valence-corrected chi connectivity index (χ1v) is 6.80. The predicted molar refractivity (Wildman–Crippen MR) is 76.7 cm³/mol. The molecule has 0 bridgehead atoms. The summed E-state index contributed by atoms with van der Waals surface area (Å²) < 4.78 is 0. The van der Waals surface area contributed by atoms with Crippen LogP contribution in [0.15, 0.2) is 18.2 Å². The van der Waals surface area contributed by atoms with Crippen molar-refractivity contribution in [3.63, 3.8) is 0 Å². The van der Waals surface area contributed by atoms with E-state index >= 15 is 0 Å². The molecule has 0 radical (unpaired) electrons. The van der Waals surface area contributed by atoms with Gasteiger partial charge >= 0.3 is 5.97 Å². The van der Waals surface area contributed by atoms with Crippen molar-refractivity contribution in [3.05, 3.63) is 29.3 Å². The highest BCUT2D eigenvalue weighted by Crippen LogP contribution is 2.43. The molecular weight excluding hydrogens is 256 g/mol. The van der Waals surface area contributed by atoms with Crippen LogP contribution >= 0.6 is 0 Å². The van der Waals surface area contributed by atoms with Gasteiger partial charge in [0.2, 0.25) is 5.91 Å². The molecule has 20 heavy (non-hydrogen) atoms. The molecule has 1 aromatic rings. The average Bonchev–Trinajstić information content (AvgIpc) is 2.33. The van der Waals surface area contributed by atoms with Crippen LogP contribution in [-0.4, -0.2) is 23.5 Å². The van der Waals surface area contributed by atoms with Crippen LogP contribution in [0.4, 0.5) is 5.69 Å². The van der Waals surface area contributed by atoms with E-state index in [2.05, 4.69) is 5.32 Å². The molecule has 2 rings (SSSR count). The first-order valence-electron chi connectivity index (χ1n) is 6.80. The Kier molecular flexibility index (Phi) is 4.09. The zero-order valence-electron chi connectivity index (χ0n) is 11.6. The molecule has 5 heteroatoms. The Labute approximate surface area is 118 Å². The highest BCUT2D eigenvalue weighted by atomic mass is 16.4. The molecular formula is C15H20N2O3. The lowest BCUT2D eigenvalue weighted by Gasteiger charge is -2.40. The van der Waals surface area contributed by atoms with Crippen LogP contribution in [0.5, 0.6) is 0 Å². The van der Waals surface area contributed by atoms with Crippen molar-refractivity contribution in [3.8, 4) is 0 Å². The van der Waals surface area contributed by atoms with Gasteiger partial charge in [-0.25, -0.2) is 4.79 Å². The number of carboxylic acid groups (broad SMARTS) is 1. The van der Waals surface area contributed by atoms with Crippen molar-refractivity contribution in [1.29, 1.82) is 0 Å². The van der Waals surface area contributed by atoms with Crippen molar-refractivity contribution >= 4 is 17.6 Å². The number of anilines is 1. The second-order valence-electron chi connectivity index (χ2n) is 5.59. The number of carbonyl (C=O) groups is 2. The monoisotopic (exact) mass is 276 g/mol. The van der Waals surface area contributed by atoms with E-state index in [1.54, 1.807) is 25.1 Å². The molecule has 0 aliphatic heterocycles. The van der Waals surface area contributed by atoms with Gasteiger partial charge in [0.1, 0.15) is 0 Å². The number of hydrogen-bond acceptors (Lipinski definition) is 3. The molecule has 108 valence electrons. The summed E-state index contributed by atoms with van der Waals surface area (Å²) in [6.07, 6.45) is 3.40. The quantitative estimate of drug-likeness (QED) is 0.768. The Bertz CT molecular complexity index is 530. The Balaban J connectivity index is 2.12. The minimum Gasteiger partial charge on any atom is -0.478 e.